The number of ether oxygens (including phenoxy) is 5. The van der Waals surface area contributed by atoms with E-state index in [1.165, 1.54) is 0 Å². The van der Waals surface area contributed by atoms with Crippen molar-refractivity contribution in [1.29, 1.82) is 0 Å². The van der Waals surface area contributed by atoms with Gasteiger partial charge in [-0.2, -0.15) is 0 Å². The molecule has 4 atom stereocenters. The molecule has 24 heavy (non-hydrogen) atoms. The van der Waals surface area contributed by atoms with E-state index < -0.39 is 61.3 Å². The molecule has 1 aliphatic rings. The summed E-state index contributed by atoms with van der Waals surface area (Å²) in [4.78, 5) is 44.3. The third-order valence-corrected chi connectivity index (χ3v) is 3.06. The van der Waals surface area contributed by atoms with Crippen LogP contribution in [-0.4, -0.2) is 61.3 Å². The highest BCUT2D eigenvalue weighted by Crippen LogP contribution is 2.38. The second-order valence-corrected chi connectivity index (χ2v) is 5.14. The van der Waals surface area contributed by atoms with Gasteiger partial charge in [0.25, 0.3) is 0 Å². The van der Waals surface area contributed by atoms with E-state index in [1.807, 2.05) is 0 Å². The topological polar surface area (TPSA) is 114 Å². The molecule has 0 aromatic carbocycles. The molecule has 10 heteroatoms. The van der Waals surface area contributed by atoms with Gasteiger partial charge in [0.15, 0.2) is 0 Å². The molecule has 1 rings (SSSR count). The smallest absolute Gasteiger partial charge is 0.305 e. The van der Waals surface area contributed by atoms with Crippen molar-refractivity contribution in [3.8, 4) is 0 Å². The first kappa shape index (κ1) is 19.8. The van der Waals surface area contributed by atoms with Gasteiger partial charge < -0.3 is 23.7 Å². The van der Waals surface area contributed by atoms with Crippen LogP contribution in [0.4, 0.5) is 4.39 Å². The van der Waals surface area contributed by atoms with Crippen LogP contribution in [0.1, 0.15) is 27.7 Å². The highest BCUT2D eigenvalue weighted by molar-refractivity contribution is 5.68. The molecule has 0 bridgehead atoms. The molecule has 136 valence electrons. The van der Waals surface area contributed by atoms with Crippen LogP contribution >= 0.6 is 0 Å². The van der Waals surface area contributed by atoms with Gasteiger partial charge in [0.2, 0.25) is 18.1 Å². The first-order valence-corrected chi connectivity index (χ1v) is 7.01. The van der Waals surface area contributed by atoms with Crippen LogP contribution in [-0.2, 0) is 42.9 Å². The average Bonchev–Trinajstić information content (AvgIpc) is 2.67. The van der Waals surface area contributed by atoms with Crippen molar-refractivity contribution < 1.29 is 47.3 Å². The van der Waals surface area contributed by atoms with E-state index in [0.29, 0.717) is 0 Å². The van der Waals surface area contributed by atoms with Crippen LogP contribution in [0.5, 0.6) is 0 Å². The summed E-state index contributed by atoms with van der Waals surface area (Å²) in [5.74, 6) is -3.15. The van der Waals surface area contributed by atoms with Crippen molar-refractivity contribution in [1.82, 2.24) is 0 Å². The second kappa shape index (κ2) is 8.04. The Hall–Kier alpha value is -2.23. The van der Waals surface area contributed by atoms with Gasteiger partial charge in [-0.25, -0.2) is 4.39 Å². The lowest BCUT2D eigenvalue weighted by molar-refractivity contribution is -0.197. The Morgan fingerprint density at radius 2 is 1.46 bits per heavy atom. The van der Waals surface area contributed by atoms with Crippen LogP contribution in [0.3, 0.4) is 0 Å². The van der Waals surface area contributed by atoms with Crippen molar-refractivity contribution in [3.05, 3.63) is 0 Å². The second-order valence-electron chi connectivity index (χ2n) is 5.14. The Morgan fingerprint density at radius 3 is 1.92 bits per heavy atom. The van der Waals surface area contributed by atoms with Gasteiger partial charge in [-0.05, 0) is 0 Å². The van der Waals surface area contributed by atoms with Crippen molar-refractivity contribution in [2.45, 2.75) is 51.9 Å². The molecule has 1 saturated heterocycles. The lowest BCUT2D eigenvalue weighted by Gasteiger charge is -2.29. The fourth-order valence-corrected chi connectivity index (χ4v) is 2.10. The standard InChI is InChI=1S/C14H19FO9/c1-7(16)20-5-11-14(15,6-21-8(2)17)12(22-9(3)18)13(24-11)23-10(4)19/h11-13H,5-6H2,1-4H3/t11-,12+,13-,14+/m1/s1. The zero-order valence-corrected chi connectivity index (χ0v) is 13.7. The minimum absolute atomic E-state index is 0.553. The minimum Gasteiger partial charge on any atom is -0.463 e. The Kier molecular flexibility index (Phi) is 6.64. The summed E-state index contributed by atoms with van der Waals surface area (Å²) in [7, 11) is 0. The maximum absolute atomic E-state index is 15.5. The molecule has 1 heterocycles. The summed E-state index contributed by atoms with van der Waals surface area (Å²) in [5.41, 5.74) is -2.58. The van der Waals surface area contributed by atoms with E-state index in [9.17, 15) is 19.2 Å². The van der Waals surface area contributed by atoms with Crippen LogP contribution in [0.25, 0.3) is 0 Å². The summed E-state index contributed by atoms with van der Waals surface area (Å²) in [6.07, 6.45) is -4.75. The number of hydrogen-bond donors (Lipinski definition) is 0. The molecule has 1 aliphatic heterocycles. The van der Waals surface area contributed by atoms with Crippen molar-refractivity contribution in [2.24, 2.45) is 0 Å². The molecule has 0 unspecified atom stereocenters. The van der Waals surface area contributed by atoms with Crippen molar-refractivity contribution >= 4 is 23.9 Å². The van der Waals surface area contributed by atoms with E-state index in [1.54, 1.807) is 0 Å². The first-order valence-electron chi connectivity index (χ1n) is 7.01. The molecule has 0 aliphatic carbocycles. The van der Waals surface area contributed by atoms with Crippen LogP contribution in [0.2, 0.25) is 0 Å². The van der Waals surface area contributed by atoms with Gasteiger partial charge in [-0.3, -0.25) is 19.2 Å². The summed E-state index contributed by atoms with van der Waals surface area (Å²) >= 11 is 0. The Labute approximate surface area is 137 Å². The maximum atomic E-state index is 15.5. The van der Waals surface area contributed by atoms with Gasteiger partial charge in [0.1, 0.15) is 19.3 Å². The molecule has 0 spiro atoms. The highest BCUT2D eigenvalue weighted by Gasteiger charge is 2.62. The number of hydrogen-bond acceptors (Lipinski definition) is 9. The normalized spacial score (nSPS) is 28.8. The van der Waals surface area contributed by atoms with Gasteiger partial charge in [-0.1, -0.05) is 0 Å². The minimum atomic E-state index is -2.58. The molecule has 1 fully saturated rings. The maximum Gasteiger partial charge on any atom is 0.305 e. The zero-order chi connectivity index (χ0) is 18.5. The molecular formula is C14H19FO9. The van der Waals surface area contributed by atoms with E-state index in [2.05, 4.69) is 4.74 Å². The number of esters is 4. The Balaban J connectivity index is 3.09. The SMILES string of the molecule is CC(=O)OC[C@H]1O[C@@H](OC(C)=O)[C@H](OC(C)=O)[C@]1(F)COC(C)=O. The quantitative estimate of drug-likeness (QED) is 0.484. The molecule has 0 aromatic rings. The van der Waals surface area contributed by atoms with E-state index in [-0.39, 0.29) is 0 Å². The Bertz CT molecular complexity index is 520. The highest BCUT2D eigenvalue weighted by atomic mass is 19.1. The fourth-order valence-electron chi connectivity index (χ4n) is 2.10. The van der Waals surface area contributed by atoms with Crippen LogP contribution < -0.4 is 0 Å². The monoisotopic (exact) mass is 350 g/mol. The van der Waals surface area contributed by atoms with Crippen LogP contribution in [0.15, 0.2) is 0 Å². The predicted octanol–water partition coefficient (Wildman–Crippen LogP) is 0.0406. The number of carbonyl (C=O) groups is 4. The molecule has 9 nitrogen and oxygen atoms in total. The number of carbonyl (C=O) groups excluding carboxylic acids is 4. The van der Waals surface area contributed by atoms with E-state index >= 15 is 4.39 Å². The summed E-state index contributed by atoms with van der Waals surface area (Å²) in [6.45, 7) is 2.85. The van der Waals surface area contributed by atoms with Gasteiger partial charge in [0.05, 0.1) is 0 Å². The molecule has 0 radical (unpaired) electrons. The number of rotatable bonds is 6. The molecule has 0 N–H and O–H groups in total. The summed E-state index contributed by atoms with van der Waals surface area (Å²) < 4.78 is 39.7. The zero-order valence-electron chi connectivity index (χ0n) is 13.7. The predicted molar refractivity (Wildman–Crippen MR) is 73.1 cm³/mol. The fraction of sp³-hybridized carbons (Fsp3) is 0.714. The van der Waals surface area contributed by atoms with Crippen molar-refractivity contribution in [2.75, 3.05) is 13.2 Å². The number of alkyl halides is 1. The first-order chi connectivity index (χ1) is 11.1. The van der Waals surface area contributed by atoms with Gasteiger partial charge >= 0.3 is 23.9 Å². The summed E-state index contributed by atoms with van der Waals surface area (Å²) in [6, 6.07) is 0. The summed E-state index contributed by atoms with van der Waals surface area (Å²) in [5, 5.41) is 0. The van der Waals surface area contributed by atoms with E-state index in [4.69, 9.17) is 18.9 Å². The number of halogens is 1. The van der Waals surface area contributed by atoms with Crippen LogP contribution in [0, 0.1) is 0 Å². The Morgan fingerprint density at radius 1 is 0.917 bits per heavy atom. The van der Waals surface area contributed by atoms with Crippen molar-refractivity contribution in [3.63, 3.8) is 0 Å². The molecule has 0 saturated carbocycles. The van der Waals surface area contributed by atoms with Gasteiger partial charge in [-0.15, -0.1) is 0 Å². The van der Waals surface area contributed by atoms with E-state index in [0.717, 1.165) is 27.7 Å². The molecule has 0 amide bonds. The third kappa shape index (κ3) is 5.15. The lowest BCUT2D eigenvalue weighted by Crippen LogP contribution is -2.52. The lowest BCUT2D eigenvalue weighted by atomic mass is 9.95. The largest absolute Gasteiger partial charge is 0.463 e. The average molecular weight is 350 g/mol. The van der Waals surface area contributed by atoms with Gasteiger partial charge in [0, 0.05) is 27.7 Å². The molecular weight excluding hydrogens is 331 g/mol. The molecule has 0 aromatic heterocycles. The third-order valence-electron chi connectivity index (χ3n) is 3.06.